The maximum atomic E-state index is 12.1. The number of non-ortho nitro benzene ring substituents is 1. The number of methoxy groups -OCH3 is 1. The van der Waals surface area contributed by atoms with Crippen LogP contribution in [0.1, 0.15) is 0 Å². The van der Waals surface area contributed by atoms with Crippen molar-refractivity contribution in [1.82, 2.24) is 10.0 Å². The monoisotopic (exact) mass is 287 g/mol. The Labute approximate surface area is 110 Å². The van der Waals surface area contributed by atoms with Crippen LogP contribution in [-0.2, 0) is 10.0 Å². The first-order chi connectivity index (χ1) is 8.94. The van der Waals surface area contributed by atoms with E-state index in [-0.39, 0.29) is 22.4 Å². The van der Waals surface area contributed by atoms with E-state index in [1.54, 1.807) is 0 Å². The van der Waals surface area contributed by atoms with Gasteiger partial charge in [0.2, 0.25) is 10.0 Å². The highest BCUT2D eigenvalue weighted by molar-refractivity contribution is 7.89. The van der Waals surface area contributed by atoms with Crippen molar-refractivity contribution >= 4 is 15.7 Å². The fourth-order valence-electron chi connectivity index (χ4n) is 1.65. The van der Waals surface area contributed by atoms with Crippen molar-refractivity contribution in [3.63, 3.8) is 0 Å². The van der Waals surface area contributed by atoms with Gasteiger partial charge in [-0.25, -0.2) is 13.1 Å². The van der Waals surface area contributed by atoms with Crippen LogP contribution in [0.25, 0.3) is 0 Å². The molecule has 2 rings (SSSR count). The van der Waals surface area contributed by atoms with E-state index in [0.29, 0.717) is 13.1 Å². The second-order valence-electron chi connectivity index (χ2n) is 4.07. The zero-order valence-corrected chi connectivity index (χ0v) is 10.9. The summed E-state index contributed by atoms with van der Waals surface area (Å²) in [6, 6.07) is 3.24. The number of benzene rings is 1. The molecule has 1 aliphatic heterocycles. The summed E-state index contributed by atoms with van der Waals surface area (Å²) >= 11 is 0. The molecule has 1 heterocycles. The molecule has 0 aromatic heterocycles. The van der Waals surface area contributed by atoms with E-state index in [1.807, 2.05) is 0 Å². The Bertz CT molecular complexity index is 597. The molecule has 0 amide bonds. The molecule has 1 aromatic carbocycles. The highest BCUT2D eigenvalue weighted by atomic mass is 32.2. The normalized spacial score (nSPS) is 15.8. The Balaban J connectivity index is 2.35. The van der Waals surface area contributed by atoms with Crippen LogP contribution in [0.3, 0.4) is 0 Å². The quantitative estimate of drug-likeness (QED) is 0.575. The summed E-state index contributed by atoms with van der Waals surface area (Å²) in [7, 11) is -2.48. The number of nitro groups is 1. The molecule has 0 radical (unpaired) electrons. The molecule has 104 valence electrons. The zero-order chi connectivity index (χ0) is 14.0. The van der Waals surface area contributed by atoms with E-state index < -0.39 is 14.9 Å². The number of nitrogens with one attached hydrogen (secondary N) is 2. The lowest BCUT2D eigenvalue weighted by molar-refractivity contribution is -0.385. The van der Waals surface area contributed by atoms with Gasteiger partial charge >= 0.3 is 0 Å². The van der Waals surface area contributed by atoms with Gasteiger partial charge in [-0.05, 0) is 6.07 Å². The predicted octanol–water partition coefficient (Wildman–Crippen LogP) is -0.147. The highest BCUT2D eigenvalue weighted by Gasteiger charge is 2.27. The number of rotatable bonds is 5. The molecule has 9 heteroatoms. The summed E-state index contributed by atoms with van der Waals surface area (Å²) in [6.07, 6.45) is 0. The third-order valence-electron chi connectivity index (χ3n) is 2.75. The lowest BCUT2D eigenvalue weighted by Gasteiger charge is -2.27. The van der Waals surface area contributed by atoms with E-state index in [0.717, 1.165) is 12.1 Å². The highest BCUT2D eigenvalue weighted by Crippen LogP contribution is 2.28. The van der Waals surface area contributed by atoms with Crippen molar-refractivity contribution in [2.75, 3.05) is 20.2 Å². The Morgan fingerprint density at radius 1 is 1.47 bits per heavy atom. The van der Waals surface area contributed by atoms with Crippen molar-refractivity contribution in [3.8, 4) is 5.75 Å². The van der Waals surface area contributed by atoms with Crippen LogP contribution < -0.4 is 14.8 Å². The molecule has 8 nitrogen and oxygen atoms in total. The minimum Gasteiger partial charge on any atom is -0.495 e. The van der Waals surface area contributed by atoms with E-state index in [1.165, 1.54) is 13.2 Å². The first kappa shape index (κ1) is 13.7. The molecule has 19 heavy (non-hydrogen) atoms. The van der Waals surface area contributed by atoms with E-state index in [2.05, 4.69) is 10.0 Å². The van der Waals surface area contributed by atoms with Gasteiger partial charge in [0, 0.05) is 25.2 Å². The van der Waals surface area contributed by atoms with Crippen molar-refractivity contribution < 1.29 is 18.1 Å². The second-order valence-corrected chi connectivity index (χ2v) is 5.75. The molecule has 0 bridgehead atoms. The SMILES string of the molecule is COc1cc([N+](=O)[O-])ccc1S(=O)(=O)NC1CNC1. The van der Waals surface area contributed by atoms with Crippen LogP contribution in [0.15, 0.2) is 23.1 Å². The van der Waals surface area contributed by atoms with Gasteiger partial charge in [0.05, 0.1) is 18.1 Å². The molecule has 0 saturated carbocycles. The molecular weight excluding hydrogens is 274 g/mol. The summed E-state index contributed by atoms with van der Waals surface area (Å²) in [4.78, 5) is 9.93. The largest absolute Gasteiger partial charge is 0.495 e. The van der Waals surface area contributed by atoms with Gasteiger partial charge in [-0.2, -0.15) is 0 Å². The fraction of sp³-hybridized carbons (Fsp3) is 0.400. The van der Waals surface area contributed by atoms with Crippen molar-refractivity contribution in [1.29, 1.82) is 0 Å². The summed E-state index contributed by atoms with van der Waals surface area (Å²) < 4.78 is 31.6. The second kappa shape index (κ2) is 5.11. The standard InChI is InChI=1S/C10H13N3O5S/c1-18-9-4-8(13(14)15)2-3-10(9)19(16,17)12-7-5-11-6-7/h2-4,7,11-12H,5-6H2,1H3. The molecule has 0 aliphatic carbocycles. The van der Waals surface area contributed by atoms with Crippen molar-refractivity contribution in [3.05, 3.63) is 28.3 Å². The van der Waals surface area contributed by atoms with Crippen LogP contribution in [0, 0.1) is 10.1 Å². The van der Waals surface area contributed by atoms with E-state index in [4.69, 9.17) is 4.74 Å². The maximum Gasteiger partial charge on any atom is 0.273 e. The molecule has 2 N–H and O–H groups in total. The number of nitro benzene ring substituents is 1. The smallest absolute Gasteiger partial charge is 0.273 e. The lowest BCUT2D eigenvalue weighted by atomic mass is 10.2. The Hall–Kier alpha value is -1.71. The number of sulfonamides is 1. The summed E-state index contributed by atoms with van der Waals surface area (Å²) in [5.74, 6) is -0.0472. The van der Waals surface area contributed by atoms with Gasteiger partial charge in [-0.3, -0.25) is 10.1 Å². The fourth-order valence-corrected chi connectivity index (χ4v) is 3.03. The molecule has 0 atom stereocenters. The van der Waals surface area contributed by atoms with Crippen LogP contribution in [0.4, 0.5) is 5.69 Å². The van der Waals surface area contributed by atoms with Gasteiger partial charge in [0.1, 0.15) is 10.6 Å². The van der Waals surface area contributed by atoms with Crippen molar-refractivity contribution in [2.24, 2.45) is 0 Å². The van der Waals surface area contributed by atoms with Crippen LogP contribution >= 0.6 is 0 Å². The van der Waals surface area contributed by atoms with Crippen molar-refractivity contribution in [2.45, 2.75) is 10.9 Å². The predicted molar refractivity (Wildman–Crippen MR) is 66.6 cm³/mol. The van der Waals surface area contributed by atoms with Gasteiger partial charge in [-0.15, -0.1) is 0 Å². The first-order valence-electron chi connectivity index (χ1n) is 5.49. The van der Waals surface area contributed by atoms with E-state index in [9.17, 15) is 18.5 Å². The molecule has 1 aliphatic rings. The van der Waals surface area contributed by atoms with Gasteiger partial charge in [0.15, 0.2) is 0 Å². The first-order valence-corrected chi connectivity index (χ1v) is 6.98. The summed E-state index contributed by atoms with van der Waals surface area (Å²) in [5.41, 5.74) is -0.221. The van der Waals surface area contributed by atoms with Crippen LogP contribution in [0.2, 0.25) is 0 Å². The average Bonchev–Trinajstić information content (AvgIpc) is 2.33. The van der Waals surface area contributed by atoms with Gasteiger partial charge < -0.3 is 10.1 Å². The number of ether oxygens (including phenoxy) is 1. The van der Waals surface area contributed by atoms with E-state index >= 15 is 0 Å². The molecular formula is C10H13N3O5S. The molecule has 1 fully saturated rings. The topological polar surface area (TPSA) is 111 Å². The minimum absolute atomic E-state index is 0.0472. The Morgan fingerprint density at radius 3 is 2.63 bits per heavy atom. The third kappa shape index (κ3) is 2.83. The number of hydrogen-bond donors (Lipinski definition) is 2. The third-order valence-corrected chi connectivity index (χ3v) is 4.31. The van der Waals surface area contributed by atoms with Crippen LogP contribution in [0.5, 0.6) is 5.75 Å². The number of hydrogen-bond acceptors (Lipinski definition) is 6. The van der Waals surface area contributed by atoms with Crippen LogP contribution in [-0.4, -0.2) is 39.6 Å². The lowest BCUT2D eigenvalue weighted by Crippen LogP contribution is -2.56. The molecule has 1 saturated heterocycles. The summed E-state index contributed by atoms with van der Waals surface area (Å²) in [6.45, 7) is 1.13. The average molecular weight is 287 g/mol. The summed E-state index contributed by atoms with van der Waals surface area (Å²) in [5, 5.41) is 13.6. The zero-order valence-electron chi connectivity index (χ0n) is 10.1. The number of nitrogens with zero attached hydrogens (tertiary/aromatic N) is 1. The Morgan fingerprint density at radius 2 is 2.16 bits per heavy atom. The van der Waals surface area contributed by atoms with Gasteiger partial charge in [0.25, 0.3) is 5.69 Å². The molecule has 0 unspecified atom stereocenters. The Kier molecular flexibility index (Phi) is 3.69. The van der Waals surface area contributed by atoms with Gasteiger partial charge in [-0.1, -0.05) is 0 Å². The minimum atomic E-state index is -3.74. The maximum absolute atomic E-state index is 12.1. The molecule has 0 spiro atoms. The molecule has 1 aromatic rings.